The van der Waals surface area contributed by atoms with Crippen molar-refractivity contribution in [3.63, 3.8) is 0 Å². The van der Waals surface area contributed by atoms with Crippen molar-refractivity contribution in [2.75, 3.05) is 0 Å². The molecule has 0 spiro atoms. The highest BCUT2D eigenvalue weighted by molar-refractivity contribution is 6.31. The van der Waals surface area contributed by atoms with Gasteiger partial charge in [-0.2, -0.15) is 4.98 Å². The van der Waals surface area contributed by atoms with Crippen LogP contribution in [0.25, 0.3) is 16.9 Å². The molecule has 176 valence electrons. The highest BCUT2D eigenvalue weighted by atomic mass is 35.5. The minimum atomic E-state index is -0.414. The van der Waals surface area contributed by atoms with E-state index in [1.54, 1.807) is 13.8 Å². The topological polar surface area (TPSA) is 95.9 Å². The second kappa shape index (κ2) is 9.38. The lowest BCUT2D eigenvalue weighted by atomic mass is 10.0. The lowest BCUT2D eigenvalue weighted by Crippen LogP contribution is -2.24. The van der Waals surface area contributed by atoms with Gasteiger partial charge in [0.25, 0.3) is 5.56 Å². The number of rotatable bonds is 6. The van der Waals surface area contributed by atoms with Gasteiger partial charge in [0.05, 0.1) is 11.4 Å². The molecule has 3 aromatic heterocycles. The molecule has 0 fully saturated rings. The number of hydrogen-bond donors (Lipinski definition) is 0. The van der Waals surface area contributed by atoms with E-state index in [4.69, 9.17) is 25.7 Å². The first-order valence-corrected chi connectivity index (χ1v) is 11.3. The molecule has 34 heavy (non-hydrogen) atoms. The minimum Gasteiger partial charge on any atom is -0.470 e. The van der Waals surface area contributed by atoms with Crippen LogP contribution in [0, 0.1) is 27.7 Å². The summed E-state index contributed by atoms with van der Waals surface area (Å²) in [4.78, 5) is 31.1. The third kappa shape index (κ3) is 4.59. The zero-order chi connectivity index (χ0) is 24.6. The van der Waals surface area contributed by atoms with Crippen molar-refractivity contribution in [3.05, 3.63) is 80.4 Å². The SMILES string of the molecule is Cc1nc(COc2nc(C)n(-c3cc(-c4nc(C(C)C)ncc4C)ccc3C)c(=O)c2Cl)co1. The molecule has 0 N–H and O–H groups in total. The largest absolute Gasteiger partial charge is 0.470 e. The number of aromatic nitrogens is 5. The number of ether oxygens (including phenoxy) is 1. The van der Waals surface area contributed by atoms with Crippen molar-refractivity contribution in [1.82, 2.24) is 24.5 Å². The average Bonchev–Trinajstić information content (AvgIpc) is 3.22. The Morgan fingerprint density at radius 3 is 2.53 bits per heavy atom. The van der Waals surface area contributed by atoms with Crippen molar-refractivity contribution in [1.29, 1.82) is 0 Å². The Morgan fingerprint density at radius 1 is 1.09 bits per heavy atom. The van der Waals surface area contributed by atoms with Crippen molar-refractivity contribution < 1.29 is 9.15 Å². The van der Waals surface area contributed by atoms with Crippen molar-refractivity contribution >= 4 is 11.6 Å². The van der Waals surface area contributed by atoms with Crippen LogP contribution in [-0.2, 0) is 6.61 Å². The fourth-order valence-electron chi connectivity index (χ4n) is 3.60. The quantitative estimate of drug-likeness (QED) is 0.371. The maximum absolute atomic E-state index is 13.3. The molecular weight excluding hydrogens is 454 g/mol. The van der Waals surface area contributed by atoms with Crippen LogP contribution in [0.3, 0.4) is 0 Å². The Bertz CT molecular complexity index is 1420. The summed E-state index contributed by atoms with van der Waals surface area (Å²) in [7, 11) is 0. The van der Waals surface area contributed by atoms with E-state index < -0.39 is 5.56 Å². The Kier molecular flexibility index (Phi) is 6.52. The molecule has 0 unspecified atom stereocenters. The highest BCUT2D eigenvalue weighted by Gasteiger charge is 2.19. The van der Waals surface area contributed by atoms with Gasteiger partial charge in [0.1, 0.15) is 30.2 Å². The van der Waals surface area contributed by atoms with E-state index in [1.165, 1.54) is 10.8 Å². The van der Waals surface area contributed by atoms with E-state index in [0.717, 1.165) is 28.2 Å². The second-order valence-electron chi connectivity index (χ2n) is 8.48. The minimum absolute atomic E-state index is 0.0584. The van der Waals surface area contributed by atoms with E-state index in [0.29, 0.717) is 23.1 Å². The number of halogens is 1. The molecule has 1 aromatic carbocycles. The summed E-state index contributed by atoms with van der Waals surface area (Å²) in [5.41, 5.74) is 4.40. The number of aryl methyl sites for hydroxylation is 4. The Labute approximate surface area is 202 Å². The van der Waals surface area contributed by atoms with Crippen LogP contribution in [0.5, 0.6) is 5.88 Å². The molecule has 0 aliphatic heterocycles. The summed E-state index contributed by atoms with van der Waals surface area (Å²) in [6.07, 6.45) is 3.32. The van der Waals surface area contributed by atoms with Crippen LogP contribution in [0.15, 0.2) is 39.9 Å². The first-order chi connectivity index (χ1) is 16.2. The van der Waals surface area contributed by atoms with Crippen LogP contribution in [0.1, 0.15) is 54.1 Å². The van der Waals surface area contributed by atoms with Gasteiger partial charge in [-0.3, -0.25) is 9.36 Å². The summed E-state index contributed by atoms with van der Waals surface area (Å²) in [5, 5.41) is -0.101. The van der Waals surface area contributed by atoms with Gasteiger partial charge in [0, 0.05) is 24.6 Å². The molecule has 8 nitrogen and oxygen atoms in total. The first kappa shape index (κ1) is 23.6. The third-order valence-corrected chi connectivity index (χ3v) is 5.74. The maximum atomic E-state index is 13.3. The van der Waals surface area contributed by atoms with E-state index in [1.807, 2.05) is 38.2 Å². The molecule has 0 atom stereocenters. The fourth-order valence-corrected chi connectivity index (χ4v) is 3.78. The van der Waals surface area contributed by atoms with E-state index in [-0.39, 0.29) is 23.4 Å². The van der Waals surface area contributed by atoms with Crippen molar-refractivity contribution in [2.45, 2.75) is 54.1 Å². The molecule has 0 amide bonds. The molecule has 0 aliphatic rings. The van der Waals surface area contributed by atoms with Gasteiger partial charge in [0.2, 0.25) is 5.88 Å². The van der Waals surface area contributed by atoms with Gasteiger partial charge < -0.3 is 9.15 Å². The molecular formula is C25H26ClN5O3. The molecule has 0 saturated carbocycles. The van der Waals surface area contributed by atoms with Gasteiger partial charge in [-0.1, -0.05) is 37.6 Å². The lowest BCUT2D eigenvalue weighted by molar-refractivity contribution is 0.287. The summed E-state index contributed by atoms with van der Waals surface area (Å²) in [6, 6.07) is 5.88. The molecule has 9 heteroatoms. The normalized spacial score (nSPS) is 11.3. The van der Waals surface area contributed by atoms with Gasteiger partial charge in [-0.25, -0.2) is 15.0 Å². The maximum Gasteiger partial charge on any atom is 0.280 e. The summed E-state index contributed by atoms with van der Waals surface area (Å²) >= 11 is 6.40. The summed E-state index contributed by atoms with van der Waals surface area (Å²) in [6.45, 7) is 11.6. The molecule has 4 aromatic rings. The van der Waals surface area contributed by atoms with Crippen LogP contribution in [-0.4, -0.2) is 24.5 Å². The van der Waals surface area contributed by atoms with E-state index in [2.05, 4.69) is 28.8 Å². The van der Waals surface area contributed by atoms with Crippen LogP contribution in [0.2, 0.25) is 5.02 Å². The first-order valence-electron chi connectivity index (χ1n) is 10.9. The fraction of sp³-hybridized carbons (Fsp3) is 0.320. The average molecular weight is 480 g/mol. The Balaban J connectivity index is 1.76. The smallest absolute Gasteiger partial charge is 0.280 e. The summed E-state index contributed by atoms with van der Waals surface area (Å²) in [5.74, 6) is 2.00. The van der Waals surface area contributed by atoms with Crippen LogP contribution >= 0.6 is 11.6 Å². The second-order valence-corrected chi connectivity index (χ2v) is 8.86. The Hall–Kier alpha value is -3.52. The molecule has 0 saturated heterocycles. The third-order valence-electron chi connectivity index (χ3n) is 5.42. The van der Waals surface area contributed by atoms with Crippen molar-refractivity contribution in [3.8, 4) is 22.8 Å². The summed E-state index contributed by atoms with van der Waals surface area (Å²) < 4.78 is 12.3. The van der Waals surface area contributed by atoms with Gasteiger partial charge in [-0.05, 0) is 38.0 Å². The zero-order valence-electron chi connectivity index (χ0n) is 20.0. The standard InChI is InChI=1S/C25H26ClN5O3/c1-13(2)23-27-10-15(4)22(30-23)18-8-7-14(3)20(9-18)31-16(5)28-24(21(26)25(31)32)34-12-19-11-33-17(6)29-19/h7-11,13H,12H2,1-6H3. The molecule has 0 radical (unpaired) electrons. The van der Waals surface area contributed by atoms with Crippen LogP contribution < -0.4 is 10.3 Å². The highest BCUT2D eigenvalue weighted by Crippen LogP contribution is 2.28. The predicted molar refractivity (Wildman–Crippen MR) is 130 cm³/mol. The predicted octanol–water partition coefficient (Wildman–Crippen LogP) is 5.27. The molecule has 4 rings (SSSR count). The van der Waals surface area contributed by atoms with Gasteiger partial charge in [0.15, 0.2) is 10.9 Å². The van der Waals surface area contributed by atoms with Gasteiger partial charge in [-0.15, -0.1) is 0 Å². The van der Waals surface area contributed by atoms with Crippen molar-refractivity contribution in [2.24, 2.45) is 0 Å². The van der Waals surface area contributed by atoms with Crippen LogP contribution in [0.4, 0.5) is 0 Å². The monoisotopic (exact) mass is 479 g/mol. The van der Waals surface area contributed by atoms with E-state index in [9.17, 15) is 4.79 Å². The number of nitrogens with zero attached hydrogens (tertiary/aromatic N) is 5. The molecule has 0 aliphatic carbocycles. The number of benzene rings is 1. The lowest BCUT2D eigenvalue weighted by Gasteiger charge is -2.16. The molecule has 3 heterocycles. The Morgan fingerprint density at radius 2 is 1.85 bits per heavy atom. The zero-order valence-corrected chi connectivity index (χ0v) is 20.8. The van der Waals surface area contributed by atoms with Gasteiger partial charge >= 0.3 is 0 Å². The number of oxazole rings is 1. The van der Waals surface area contributed by atoms with E-state index >= 15 is 0 Å². The molecule has 0 bridgehead atoms. The number of hydrogen-bond acceptors (Lipinski definition) is 7.